The molecule has 0 spiro atoms. The first kappa shape index (κ1) is 19.5. The molecular formula is C20H21F2N7O2. The first-order valence-electron chi connectivity index (χ1n) is 9.86. The third-order valence-electron chi connectivity index (χ3n) is 5.16. The van der Waals surface area contributed by atoms with E-state index in [4.69, 9.17) is 4.98 Å². The molecule has 162 valence electrons. The molecule has 0 saturated carbocycles. The van der Waals surface area contributed by atoms with Gasteiger partial charge in [-0.15, -0.1) is 8.78 Å². The molecule has 0 bridgehead atoms. The summed E-state index contributed by atoms with van der Waals surface area (Å²) in [5.74, 6) is 2.23. The molecule has 31 heavy (non-hydrogen) atoms. The van der Waals surface area contributed by atoms with Gasteiger partial charge >= 0.3 is 6.29 Å². The van der Waals surface area contributed by atoms with Crippen molar-refractivity contribution in [1.29, 1.82) is 0 Å². The topological polar surface area (TPSA) is 91.4 Å². The minimum atomic E-state index is -3.67. The predicted molar refractivity (Wildman–Crippen MR) is 110 cm³/mol. The van der Waals surface area contributed by atoms with Crippen molar-refractivity contribution in [2.24, 2.45) is 0 Å². The molecule has 0 aliphatic carbocycles. The number of alkyl halides is 2. The number of likely N-dealkylation sites (N-methyl/N-ethyl adjacent to an activating group) is 1. The summed E-state index contributed by atoms with van der Waals surface area (Å²) in [5.41, 5.74) is 1.45. The second-order valence-electron chi connectivity index (χ2n) is 7.62. The molecule has 4 heterocycles. The van der Waals surface area contributed by atoms with Gasteiger partial charge in [-0.2, -0.15) is 5.10 Å². The number of rotatable bonds is 4. The molecule has 3 aromatic rings. The molecule has 0 unspecified atom stereocenters. The van der Waals surface area contributed by atoms with Crippen LogP contribution in [0.2, 0.25) is 0 Å². The van der Waals surface area contributed by atoms with Gasteiger partial charge < -0.3 is 24.6 Å². The Morgan fingerprint density at radius 3 is 2.52 bits per heavy atom. The molecule has 0 radical (unpaired) electrons. The average Bonchev–Trinajstić information content (AvgIpc) is 3.28. The lowest BCUT2D eigenvalue weighted by Crippen LogP contribution is -2.44. The number of aryl methyl sites for hydroxylation is 1. The van der Waals surface area contributed by atoms with E-state index in [1.165, 1.54) is 12.1 Å². The van der Waals surface area contributed by atoms with Crippen molar-refractivity contribution in [2.45, 2.75) is 13.2 Å². The fourth-order valence-electron chi connectivity index (χ4n) is 3.53. The number of aromatic amines is 1. The Kier molecular flexibility index (Phi) is 4.62. The summed E-state index contributed by atoms with van der Waals surface area (Å²) in [7, 11) is 2.08. The van der Waals surface area contributed by atoms with Crippen LogP contribution in [0.5, 0.6) is 11.5 Å². The summed E-state index contributed by atoms with van der Waals surface area (Å²) in [5, 5.41) is 10.3. The molecule has 2 aliphatic heterocycles. The highest BCUT2D eigenvalue weighted by molar-refractivity contribution is 5.67. The number of nitrogens with zero attached hydrogens (tertiary/aromatic N) is 5. The van der Waals surface area contributed by atoms with Crippen molar-refractivity contribution < 1.29 is 18.3 Å². The summed E-state index contributed by atoms with van der Waals surface area (Å²) in [6, 6.07) is 8.25. The number of fused-ring (bicyclic) bond motifs is 1. The molecule has 2 N–H and O–H groups in total. The van der Waals surface area contributed by atoms with E-state index in [1.54, 1.807) is 6.07 Å². The molecule has 1 aromatic carbocycles. The zero-order valence-corrected chi connectivity index (χ0v) is 17.0. The van der Waals surface area contributed by atoms with Crippen molar-refractivity contribution in [3.8, 4) is 22.9 Å². The van der Waals surface area contributed by atoms with E-state index in [2.05, 4.69) is 46.8 Å². The van der Waals surface area contributed by atoms with Crippen molar-refractivity contribution in [1.82, 2.24) is 25.1 Å². The van der Waals surface area contributed by atoms with E-state index in [0.29, 0.717) is 23.0 Å². The van der Waals surface area contributed by atoms with Gasteiger partial charge in [0.15, 0.2) is 23.1 Å². The Morgan fingerprint density at radius 1 is 1.00 bits per heavy atom. The fourth-order valence-corrected chi connectivity index (χ4v) is 3.53. The maximum Gasteiger partial charge on any atom is 0.586 e. The van der Waals surface area contributed by atoms with Crippen molar-refractivity contribution in [3.05, 3.63) is 36.0 Å². The van der Waals surface area contributed by atoms with Crippen LogP contribution in [0, 0.1) is 6.92 Å². The Labute approximate surface area is 177 Å². The van der Waals surface area contributed by atoms with Crippen LogP contribution < -0.4 is 19.7 Å². The summed E-state index contributed by atoms with van der Waals surface area (Å²) < 4.78 is 35.9. The highest BCUT2D eigenvalue weighted by Crippen LogP contribution is 2.42. The lowest BCUT2D eigenvalue weighted by molar-refractivity contribution is -0.286. The first-order valence-corrected chi connectivity index (χ1v) is 9.86. The molecule has 1 fully saturated rings. The van der Waals surface area contributed by atoms with Crippen molar-refractivity contribution >= 4 is 17.5 Å². The van der Waals surface area contributed by atoms with E-state index >= 15 is 0 Å². The summed E-state index contributed by atoms with van der Waals surface area (Å²) in [4.78, 5) is 13.7. The van der Waals surface area contributed by atoms with Crippen molar-refractivity contribution in [3.63, 3.8) is 0 Å². The van der Waals surface area contributed by atoms with Gasteiger partial charge in [-0.05, 0) is 32.2 Å². The number of H-pyrrole nitrogens is 1. The molecule has 2 aromatic heterocycles. The smallest absolute Gasteiger partial charge is 0.395 e. The normalized spacial score (nSPS) is 17.7. The van der Waals surface area contributed by atoms with E-state index in [-0.39, 0.29) is 11.5 Å². The Morgan fingerprint density at radius 2 is 1.77 bits per heavy atom. The average molecular weight is 429 g/mol. The maximum atomic E-state index is 13.4. The number of anilines is 3. The number of ether oxygens (including phenoxy) is 2. The van der Waals surface area contributed by atoms with Crippen LogP contribution in [0.3, 0.4) is 0 Å². The van der Waals surface area contributed by atoms with Crippen LogP contribution in [0.25, 0.3) is 11.4 Å². The lowest BCUT2D eigenvalue weighted by atomic mass is 10.2. The Bertz CT molecular complexity index is 1110. The second-order valence-corrected chi connectivity index (χ2v) is 7.62. The fraction of sp³-hybridized carbons (Fsp3) is 0.350. The highest BCUT2D eigenvalue weighted by Gasteiger charge is 2.43. The Balaban J connectivity index is 1.51. The molecule has 0 amide bonds. The van der Waals surface area contributed by atoms with Gasteiger partial charge in [0.1, 0.15) is 11.6 Å². The van der Waals surface area contributed by atoms with Gasteiger partial charge in [0.05, 0.1) is 0 Å². The first-order chi connectivity index (χ1) is 14.8. The largest absolute Gasteiger partial charge is 0.586 e. The highest BCUT2D eigenvalue weighted by atomic mass is 19.3. The molecule has 1 saturated heterocycles. The number of halogens is 2. The van der Waals surface area contributed by atoms with Crippen LogP contribution in [-0.2, 0) is 0 Å². The van der Waals surface area contributed by atoms with Gasteiger partial charge in [-0.25, -0.2) is 9.97 Å². The summed E-state index contributed by atoms with van der Waals surface area (Å²) in [6.45, 7) is 5.38. The Hall–Kier alpha value is -3.47. The monoisotopic (exact) mass is 429 g/mol. The van der Waals surface area contributed by atoms with Crippen LogP contribution in [0.15, 0.2) is 30.3 Å². The van der Waals surface area contributed by atoms with Gasteiger partial charge in [0, 0.05) is 49.6 Å². The minimum absolute atomic E-state index is 0.0191. The van der Waals surface area contributed by atoms with Gasteiger partial charge in [0.2, 0.25) is 0 Å². The number of nitrogens with one attached hydrogen (secondary N) is 2. The van der Waals surface area contributed by atoms with Crippen LogP contribution in [-0.4, -0.2) is 64.6 Å². The second kappa shape index (κ2) is 7.34. The van der Waals surface area contributed by atoms with Crippen molar-refractivity contribution in [2.75, 3.05) is 43.4 Å². The predicted octanol–water partition coefficient (Wildman–Crippen LogP) is 2.99. The molecule has 5 rings (SSSR count). The van der Waals surface area contributed by atoms with Gasteiger partial charge in [0.25, 0.3) is 0 Å². The zero-order valence-electron chi connectivity index (χ0n) is 17.0. The van der Waals surface area contributed by atoms with Gasteiger partial charge in [-0.3, -0.25) is 5.10 Å². The lowest BCUT2D eigenvalue weighted by Gasteiger charge is -2.33. The summed E-state index contributed by atoms with van der Waals surface area (Å²) >= 11 is 0. The van der Waals surface area contributed by atoms with E-state index < -0.39 is 6.29 Å². The number of piperazine rings is 1. The SMILES string of the molecule is Cc1cc(Nc2cc(N3CCN(C)CC3)nc(-c3ccc4c(c3)OC(F)(F)O4)n2)n[nH]1. The quantitative estimate of drug-likeness (QED) is 0.654. The van der Waals surface area contributed by atoms with Gasteiger partial charge in [-0.1, -0.05) is 0 Å². The molecular weight excluding hydrogens is 408 g/mol. The van der Waals surface area contributed by atoms with E-state index in [9.17, 15) is 8.78 Å². The summed E-state index contributed by atoms with van der Waals surface area (Å²) in [6.07, 6.45) is -3.67. The maximum absolute atomic E-state index is 13.4. The molecule has 0 atom stereocenters. The zero-order chi connectivity index (χ0) is 21.6. The van der Waals surface area contributed by atoms with E-state index in [0.717, 1.165) is 37.7 Å². The molecule has 9 nitrogen and oxygen atoms in total. The third kappa shape index (κ3) is 4.08. The van der Waals surface area contributed by atoms with Crippen LogP contribution in [0.1, 0.15) is 5.69 Å². The van der Waals surface area contributed by atoms with Crippen LogP contribution in [0.4, 0.5) is 26.2 Å². The molecule has 2 aliphatic rings. The number of benzene rings is 1. The van der Waals surface area contributed by atoms with E-state index in [1.807, 2.05) is 19.1 Å². The van der Waals surface area contributed by atoms with Crippen LogP contribution >= 0.6 is 0 Å². The number of hydrogen-bond donors (Lipinski definition) is 2. The minimum Gasteiger partial charge on any atom is -0.395 e. The standard InChI is InChI=1S/C20H21F2N7O2/c1-12-9-17(27-26-12)23-16-11-18(29-7-5-28(2)6-8-29)25-19(24-16)13-3-4-14-15(10-13)31-20(21,22)30-14/h3-4,9-11H,5-8H2,1-2H3,(H2,23,24,25,26,27). The number of aromatic nitrogens is 4. The molecule has 11 heteroatoms. The number of hydrogen-bond acceptors (Lipinski definition) is 8. The third-order valence-corrected chi connectivity index (χ3v) is 5.16.